The summed E-state index contributed by atoms with van der Waals surface area (Å²) in [5.41, 5.74) is -0.143. The minimum absolute atomic E-state index is 0.241. The molecule has 4 rings (SSSR count). The second-order valence-electron chi connectivity index (χ2n) is 11.2. The molecular weight excluding hydrogens is 627 g/mol. The lowest BCUT2D eigenvalue weighted by Gasteiger charge is -2.43. The second kappa shape index (κ2) is 16.6. The third-order valence-electron chi connectivity index (χ3n) is 6.72. The molecule has 3 aromatic carbocycles. The Kier molecular flexibility index (Phi) is 12.6. The Hall–Kier alpha value is -3.90. The van der Waals surface area contributed by atoms with E-state index in [-0.39, 0.29) is 16.7 Å². The van der Waals surface area contributed by atoms with Crippen molar-refractivity contribution in [2.75, 3.05) is 5.75 Å². The maximum Gasteiger partial charge on any atom is 0.338 e. The first kappa shape index (κ1) is 35.0. The Morgan fingerprint density at radius 3 is 1.67 bits per heavy atom. The molecule has 0 spiro atoms. The standard InChI is InChI=1S/C35H37NO8S2/c1-5-6-22-45-34-30(44-33(39)26-20-14-9-15-21-26)29(43-32(38)25-18-12-8-13-19-25)28(42-31(37)24-16-10-7-11-17-24)27(41-34)23-36-46(40)35(2,3)4/h5,7-21,23,27-30,34H,1,6,22H2,2-4H3/b36-23+/t27?,28?,29?,30?,34?,46-/m1/s1. The number of allylic oxidation sites excluding steroid dienone is 1. The topological polar surface area (TPSA) is 124 Å². The van der Waals surface area contributed by atoms with Crippen molar-refractivity contribution < 1.29 is 37.9 Å². The lowest BCUT2D eigenvalue weighted by molar-refractivity contribution is -0.181. The van der Waals surface area contributed by atoms with Gasteiger partial charge in [0.25, 0.3) is 0 Å². The summed E-state index contributed by atoms with van der Waals surface area (Å²) < 4.78 is 41.0. The fourth-order valence-corrected chi connectivity index (χ4v) is 6.01. The van der Waals surface area contributed by atoms with Crippen molar-refractivity contribution in [1.82, 2.24) is 0 Å². The molecule has 0 bridgehead atoms. The maximum atomic E-state index is 13.5. The molecular formula is C35H37NO8S2. The molecule has 11 heteroatoms. The van der Waals surface area contributed by atoms with Crippen molar-refractivity contribution in [1.29, 1.82) is 0 Å². The van der Waals surface area contributed by atoms with E-state index in [9.17, 15) is 18.9 Å². The number of carbonyl (C=O) groups is 3. The van der Waals surface area contributed by atoms with Crippen LogP contribution in [0.5, 0.6) is 0 Å². The molecule has 0 aromatic heterocycles. The van der Waals surface area contributed by atoms with E-state index < -0.39 is 63.9 Å². The lowest BCUT2D eigenvalue weighted by Crippen LogP contribution is -2.61. The highest BCUT2D eigenvalue weighted by Crippen LogP contribution is 2.35. The summed E-state index contributed by atoms with van der Waals surface area (Å²) in [6.45, 7) is 9.09. The number of nitrogens with zero attached hydrogens (tertiary/aromatic N) is 1. The fourth-order valence-electron chi connectivity index (χ4n) is 4.32. The number of ether oxygens (including phenoxy) is 4. The molecule has 1 aliphatic rings. The summed E-state index contributed by atoms with van der Waals surface area (Å²) in [4.78, 5) is 40.4. The van der Waals surface area contributed by atoms with Gasteiger partial charge in [0.1, 0.15) is 27.6 Å². The largest absolute Gasteiger partial charge is 0.591 e. The minimum atomic E-state index is -1.68. The predicted octanol–water partition coefficient (Wildman–Crippen LogP) is 6.23. The average Bonchev–Trinajstić information content (AvgIpc) is 3.06. The van der Waals surface area contributed by atoms with E-state index in [1.54, 1.807) is 118 Å². The zero-order valence-corrected chi connectivity index (χ0v) is 27.5. The van der Waals surface area contributed by atoms with Crippen LogP contribution in [0.4, 0.5) is 0 Å². The zero-order chi connectivity index (χ0) is 33.1. The molecule has 46 heavy (non-hydrogen) atoms. The summed E-state index contributed by atoms with van der Waals surface area (Å²) in [6.07, 6.45) is -1.37. The summed E-state index contributed by atoms with van der Waals surface area (Å²) in [7, 11) is 0. The van der Waals surface area contributed by atoms with Gasteiger partial charge >= 0.3 is 17.9 Å². The second-order valence-corrected chi connectivity index (χ2v) is 14.4. The van der Waals surface area contributed by atoms with Gasteiger partial charge in [0.05, 0.1) is 22.9 Å². The smallest absolute Gasteiger partial charge is 0.338 e. The number of esters is 3. The van der Waals surface area contributed by atoms with Crippen LogP contribution in [-0.4, -0.2) is 69.0 Å². The molecule has 1 aliphatic heterocycles. The normalized spacial score (nSPS) is 22.0. The van der Waals surface area contributed by atoms with E-state index in [2.05, 4.69) is 11.0 Å². The van der Waals surface area contributed by atoms with E-state index >= 15 is 0 Å². The Labute approximate surface area is 276 Å². The minimum Gasteiger partial charge on any atom is -0.591 e. The van der Waals surface area contributed by atoms with E-state index in [1.165, 1.54) is 18.0 Å². The summed E-state index contributed by atoms with van der Waals surface area (Å²) in [5, 5.41) is 0. The molecule has 242 valence electrons. The highest BCUT2D eigenvalue weighted by atomic mass is 32.2. The molecule has 0 N–H and O–H groups in total. The van der Waals surface area contributed by atoms with Crippen molar-refractivity contribution >= 4 is 47.2 Å². The number of thioether (sulfide) groups is 1. The highest BCUT2D eigenvalue weighted by Gasteiger charge is 2.52. The molecule has 0 saturated carbocycles. The van der Waals surface area contributed by atoms with Gasteiger partial charge in [-0.15, -0.1) is 18.3 Å². The first-order valence-electron chi connectivity index (χ1n) is 14.7. The molecule has 1 fully saturated rings. The van der Waals surface area contributed by atoms with Crippen LogP contribution < -0.4 is 0 Å². The van der Waals surface area contributed by atoms with Crippen molar-refractivity contribution in [2.24, 2.45) is 4.40 Å². The van der Waals surface area contributed by atoms with Gasteiger partial charge in [-0.05, 0) is 69.3 Å². The van der Waals surface area contributed by atoms with Crippen LogP contribution in [0, 0.1) is 0 Å². The van der Waals surface area contributed by atoms with Crippen molar-refractivity contribution in [2.45, 2.75) is 61.8 Å². The predicted molar refractivity (Wildman–Crippen MR) is 179 cm³/mol. The van der Waals surface area contributed by atoms with Crippen LogP contribution in [-0.2, 0) is 30.3 Å². The van der Waals surface area contributed by atoms with E-state index in [4.69, 9.17) is 18.9 Å². The van der Waals surface area contributed by atoms with Crippen LogP contribution >= 0.6 is 11.8 Å². The Morgan fingerprint density at radius 1 is 0.804 bits per heavy atom. The third kappa shape index (κ3) is 9.56. The van der Waals surface area contributed by atoms with Gasteiger partial charge in [-0.2, -0.15) is 0 Å². The molecule has 0 aliphatic carbocycles. The molecule has 1 saturated heterocycles. The average molecular weight is 664 g/mol. The maximum absolute atomic E-state index is 13.5. The number of hydrogen-bond acceptors (Lipinski definition) is 10. The Balaban J connectivity index is 1.80. The summed E-state index contributed by atoms with van der Waals surface area (Å²) in [5.74, 6) is -1.61. The van der Waals surface area contributed by atoms with Gasteiger partial charge in [0.15, 0.2) is 18.3 Å². The first-order chi connectivity index (χ1) is 22.1. The van der Waals surface area contributed by atoms with Crippen molar-refractivity contribution in [3.05, 3.63) is 120 Å². The molecule has 0 amide bonds. The summed E-state index contributed by atoms with van der Waals surface area (Å²) in [6, 6.07) is 24.9. The quantitative estimate of drug-likeness (QED) is 0.0554. The van der Waals surface area contributed by atoms with Crippen LogP contribution in [0.2, 0.25) is 0 Å². The molecule has 0 radical (unpaired) electrons. The van der Waals surface area contributed by atoms with E-state index in [1.807, 2.05) is 0 Å². The van der Waals surface area contributed by atoms with Crippen LogP contribution in [0.25, 0.3) is 0 Å². The van der Waals surface area contributed by atoms with E-state index in [0.29, 0.717) is 12.2 Å². The SMILES string of the molecule is C=CCCSC1OC(/C=N/[S@+]([O-])C(C)(C)C)C(OC(=O)c2ccccc2)C(OC(=O)c2ccccc2)C1OC(=O)c1ccccc1. The Morgan fingerprint density at radius 2 is 1.24 bits per heavy atom. The monoisotopic (exact) mass is 663 g/mol. The van der Waals surface area contributed by atoms with Gasteiger partial charge < -0.3 is 23.5 Å². The first-order valence-corrected chi connectivity index (χ1v) is 16.9. The third-order valence-corrected chi connectivity index (χ3v) is 9.26. The molecule has 6 atom stereocenters. The van der Waals surface area contributed by atoms with Gasteiger partial charge in [-0.25, -0.2) is 14.4 Å². The van der Waals surface area contributed by atoms with Crippen molar-refractivity contribution in [3.8, 4) is 0 Å². The number of carbonyl (C=O) groups excluding carboxylic acids is 3. The zero-order valence-electron chi connectivity index (χ0n) is 25.9. The van der Waals surface area contributed by atoms with E-state index in [0.717, 1.165) is 0 Å². The van der Waals surface area contributed by atoms with Gasteiger partial charge in [0, 0.05) is 0 Å². The highest BCUT2D eigenvalue weighted by molar-refractivity contribution is 7.99. The fraction of sp³-hybridized carbons (Fsp3) is 0.314. The van der Waals surface area contributed by atoms with Crippen LogP contribution in [0.1, 0.15) is 58.3 Å². The Bertz CT molecular complexity index is 1480. The van der Waals surface area contributed by atoms with Crippen LogP contribution in [0.3, 0.4) is 0 Å². The summed E-state index contributed by atoms with van der Waals surface area (Å²) >= 11 is -0.365. The molecule has 9 nitrogen and oxygen atoms in total. The van der Waals surface area contributed by atoms with Crippen LogP contribution in [0.15, 0.2) is 108 Å². The molecule has 5 unspecified atom stereocenters. The van der Waals surface area contributed by atoms with Gasteiger partial charge in [-0.1, -0.05) is 65.1 Å². The number of hydrogen-bond donors (Lipinski definition) is 0. The van der Waals surface area contributed by atoms with Gasteiger partial charge in [-0.3, -0.25) is 0 Å². The van der Waals surface area contributed by atoms with Gasteiger partial charge in [0.2, 0.25) is 0 Å². The number of benzene rings is 3. The molecule has 3 aromatic rings. The number of rotatable bonds is 12. The lowest BCUT2D eigenvalue weighted by atomic mass is 9.99. The molecule has 1 heterocycles. The van der Waals surface area contributed by atoms with Crippen molar-refractivity contribution in [3.63, 3.8) is 0 Å².